The van der Waals surface area contributed by atoms with Gasteiger partial charge < -0.3 is 25.0 Å². The molecule has 10 nitrogen and oxygen atoms in total. The predicted octanol–water partition coefficient (Wildman–Crippen LogP) is 2.06. The van der Waals surface area contributed by atoms with Gasteiger partial charge in [0.1, 0.15) is 5.82 Å². The number of carbonyl (C=O) groups excluding carboxylic acids is 1. The van der Waals surface area contributed by atoms with E-state index >= 15 is 0 Å². The molecule has 3 rings (SSSR count). The maximum Gasteiger partial charge on any atom is 0.320 e. The van der Waals surface area contributed by atoms with Crippen molar-refractivity contribution in [2.24, 2.45) is 0 Å². The number of methoxy groups -OCH3 is 1. The number of aliphatic carboxylic acids is 1. The van der Waals surface area contributed by atoms with Crippen molar-refractivity contribution >= 4 is 17.8 Å². The maximum atomic E-state index is 12.1. The molecule has 2 aromatic rings. The molecule has 0 radical (unpaired) electrons. The summed E-state index contributed by atoms with van der Waals surface area (Å²) in [6, 6.07) is 6.15. The molecule has 0 atom stereocenters. The van der Waals surface area contributed by atoms with Gasteiger partial charge in [0, 0.05) is 51.3 Å². The Morgan fingerprint density at radius 1 is 1.19 bits per heavy atom. The number of carboxylic acids is 1. The van der Waals surface area contributed by atoms with Gasteiger partial charge in [0.25, 0.3) is 0 Å². The van der Waals surface area contributed by atoms with Gasteiger partial charge in [-0.1, -0.05) is 6.07 Å². The Bertz CT molecular complexity index is 849. The number of anilines is 1. The second-order valence-corrected chi connectivity index (χ2v) is 6.96. The van der Waals surface area contributed by atoms with E-state index in [1.807, 2.05) is 26.1 Å². The van der Waals surface area contributed by atoms with Crippen molar-refractivity contribution in [2.75, 3.05) is 45.7 Å². The Labute approximate surface area is 182 Å². The van der Waals surface area contributed by atoms with Crippen LogP contribution in [0.4, 0.5) is 10.6 Å². The first kappa shape index (κ1) is 23.8. The largest absolute Gasteiger partial charge is 0.481 e. The Morgan fingerprint density at radius 3 is 2.45 bits per heavy atom. The lowest BCUT2D eigenvalue weighted by Crippen LogP contribution is -2.33. The summed E-state index contributed by atoms with van der Waals surface area (Å²) in [5.41, 5.74) is 2.12. The number of hydrogen-bond donors (Lipinski definition) is 2. The number of carbonyl (C=O) groups is 2. The van der Waals surface area contributed by atoms with E-state index < -0.39 is 5.97 Å². The Balaban J connectivity index is 0.000000357. The lowest BCUT2D eigenvalue weighted by Gasteiger charge is -2.18. The van der Waals surface area contributed by atoms with Crippen molar-refractivity contribution in [3.63, 3.8) is 0 Å². The number of aryl methyl sites for hydroxylation is 2. The summed E-state index contributed by atoms with van der Waals surface area (Å²) in [6.07, 6.45) is 4.92. The number of amides is 2. The van der Waals surface area contributed by atoms with Crippen molar-refractivity contribution in [1.82, 2.24) is 24.8 Å². The van der Waals surface area contributed by atoms with E-state index in [0.29, 0.717) is 25.6 Å². The van der Waals surface area contributed by atoms with Crippen molar-refractivity contribution < 1.29 is 19.4 Å². The van der Waals surface area contributed by atoms with E-state index in [1.165, 1.54) is 7.11 Å². The van der Waals surface area contributed by atoms with Crippen molar-refractivity contribution in [3.05, 3.63) is 41.9 Å². The van der Waals surface area contributed by atoms with Crippen LogP contribution >= 0.6 is 0 Å². The van der Waals surface area contributed by atoms with Crippen molar-refractivity contribution in [2.45, 2.75) is 26.2 Å². The molecule has 0 saturated carbocycles. The maximum absolute atomic E-state index is 12.1. The fourth-order valence-corrected chi connectivity index (χ4v) is 3.08. The number of pyridine rings is 1. The van der Waals surface area contributed by atoms with Crippen LogP contribution in [0.5, 0.6) is 6.01 Å². The number of nitrogens with one attached hydrogen (secondary N) is 1. The first-order valence-corrected chi connectivity index (χ1v) is 10.2. The standard InChI is InChI=1S/C16H24N4O3.C5H6N2O/c1-12-5-6-13(18-15(12)17-2)4-3-8-19-10-11-20(16(19)23)9-7-14(21)22;1-8-5-6-3-2-4-7-5/h5-6H,3-4,7-11H2,1-2H3,(H,17,18)(H,21,22);2-4H,1H3. The van der Waals surface area contributed by atoms with Crippen LogP contribution in [-0.4, -0.2) is 82.2 Å². The molecular weight excluding hydrogens is 400 g/mol. The van der Waals surface area contributed by atoms with Crippen LogP contribution < -0.4 is 10.1 Å². The average Bonchev–Trinajstić information content (AvgIpc) is 3.13. The number of aromatic nitrogens is 3. The summed E-state index contributed by atoms with van der Waals surface area (Å²) < 4.78 is 4.69. The second-order valence-electron chi connectivity index (χ2n) is 6.96. The molecule has 0 unspecified atom stereocenters. The molecule has 1 aliphatic heterocycles. The van der Waals surface area contributed by atoms with Crippen molar-refractivity contribution in [3.8, 4) is 6.01 Å². The fourth-order valence-electron chi connectivity index (χ4n) is 3.08. The minimum absolute atomic E-state index is 0.000336. The van der Waals surface area contributed by atoms with Crippen LogP contribution in [0.15, 0.2) is 30.6 Å². The zero-order chi connectivity index (χ0) is 22.6. The third-order valence-electron chi connectivity index (χ3n) is 4.75. The lowest BCUT2D eigenvalue weighted by atomic mass is 10.2. The monoisotopic (exact) mass is 430 g/mol. The Kier molecular flexibility index (Phi) is 9.47. The summed E-state index contributed by atoms with van der Waals surface area (Å²) in [7, 11) is 3.39. The number of carboxylic acid groups (broad SMARTS) is 1. The van der Waals surface area contributed by atoms with Crippen LogP contribution in [0.2, 0.25) is 0 Å². The number of rotatable bonds is 9. The molecule has 1 aliphatic rings. The normalized spacial score (nSPS) is 12.9. The molecule has 0 spiro atoms. The quantitative estimate of drug-likeness (QED) is 0.620. The predicted molar refractivity (Wildman–Crippen MR) is 116 cm³/mol. The molecule has 2 amide bonds. The van der Waals surface area contributed by atoms with Crippen LogP contribution in [0, 0.1) is 6.92 Å². The molecule has 168 valence electrons. The van der Waals surface area contributed by atoms with Gasteiger partial charge in [-0.3, -0.25) is 4.79 Å². The van der Waals surface area contributed by atoms with Gasteiger partial charge in [-0.15, -0.1) is 0 Å². The molecule has 10 heteroatoms. The summed E-state index contributed by atoms with van der Waals surface area (Å²) in [5.74, 6) is 0.0154. The highest BCUT2D eigenvalue weighted by Crippen LogP contribution is 2.14. The summed E-state index contributed by atoms with van der Waals surface area (Å²) in [6.45, 7) is 4.25. The third-order valence-corrected chi connectivity index (χ3v) is 4.75. The van der Waals surface area contributed by atoms with E-state index in [-0.39, 0.29) is 19.0 Å². The zero-order valence-corrected chi connectivity index (χ0v) is 18.2. The molecular formula is C21H30N6O4. The fraction of sp³-hybridized carbons (Fsp3) is 0.476. The third kappa shape index (κ3) is 7.72. The van der Waals surface area contributed by atoms with E-state index in [0.717, 1.165) is 29.9 Å². The van der Waals surface area contributed by atoms with Gasteiger partial charge >= 0.3 is 18.0 Å². The average molecular weight is 431 g/mol. The van der Waals surface area contributed by atoms with Crippen LogP contribution in [0.3, 0.4) is 0 Å². The molecule has 31 heavy (non-hydrogen) atoms. The first-order chi connectivity index (χ1) is 14.9. The molecule has 1 saturated heterocycles. The summed E-state index contributed by atoms with van der Waals surface area (Å²) >= 11 is 0. The Hall–Kier alpha value is -3.43. The van der Waals surface area contributed by atoms with Crippen LogP contribution in [0.25, 0.3) is 0 Å². The van der Waals surface area contributed by atoms with Gasteiger partial charge in [-0.05, 0) is 37.5 Å². The topological polar surface area (TPSA) is 121 Å². The molecule has 1 fully saturated rings. The number of ether oxygens (including phenoxy) is 1. The highest BCUT2D eigenvalue weighted by atomic mass is 16.5. The van der Waals surface area contributed by atoms with E-state index in [9.17, 15) is 9.59 Å². The van der Waals surface area contributed by atoms with Crippen LogP contribution in [-0.2, 0) is 11.2 Å². The highest BCUT2D eigenvalue weighted by Gasteiger charge is 2.27. The molecule has 0 aromatic carbocycles. The first-order valence-electron chi connectivity index (χ1n) is 10.2. The van der Waals surface area contributed by atoms with Gasteiger partial charge in [-0.25, -0.2) is 19.7 Å². The Morgan fingerprint density at radius 2 is 1.87 bits per heavy atom. The number of nitrogens with zero attached hydrogens (tertiary/aromatic N) is 5. The second kappa shape index (κ2) is 12.3. The van der Waals surface area contributed by atoms with Crippen LogP contribution in [0.1, 0.15) is 24.1 Å². The van der Waals surface area contributed by atoms with Crippen molar-refractivity contribution in [1.29, 1.82) is 0 Å². The molecule has 0 bridgehead atoms. The SMILES string of the molecule is CNc1nc(CCCN2CCN(CCC(=O)O)C2=O)ccc1C.COc1ncccn1. The van der Waals surface area contributed by atoms with Gasteiger partial charge in [0.2, 0.25) is 0 Å². The number of hydrogen-bond acceptors (Lipinski definition) is 7. The smallest absolute Gasteiger partial charge is 0.320 e. The minimum Gasteiger partial charge on any atom is -0.481 e. The van der Waals surface area contributed by atoms with Gasteiger partial charge in [0.15, 0.2) is 0 Å². The van der Waals surface area contributed by atoms with Gasteiger partial charge in [-0.2, -0.15) is 0 Å². The van der Waals surface area contributed by atoms with E-state index in [4.69, 9.17) is 9.84 Å². The number of urea groups is 1. The molecule has 2 aromatic heterocycles. The van der Waals surface area contributed by atoms with E-state index in [1.54, 1.807) is 28.3 Å². The highest BCUT2D eigenvalue weighted by molar-refractivity contribution is 5.77. The molecule has 2 N–H and O–H groups in total. The molecule has 3 heterocycles. The minimum atomic E-state index is -0.873. The molecule has 0 aliphatic carbocycles. The summed E-state index contributed by atoms with van der Waals surface area (Å²) in [5, 5.41) is 11.8. The summed E-state index contributed by atoms with van der Waals surface area (Å²) in [4.78, 5) is 38.2. The lowest BCUT2D eigenvalue weighted by molar-refractivity contribution is -0.137. The zero-order valence-electron chi connectivity index (χ0n) is 18.2. The van der Waals surface area contributed by atoms with E-state index in [2.05, 4.69) is 20.3 Å². The van der Waals surface area contributed by atoms with Gasteiger partial charge in [0.05, 0.1) is 13.5 Å².